The fourth-order valence-corrected chi connectivity index (χ4v) is 7.15. The van der Waals surface area contributed by atoms with Crippen LogP contribution in [0.1, 0.15) is 0 Å². The van der Waals surface area contributed by atoms with Crippen LogP contribution in [0.4, 0.5) is 0 Å². The molecule has 0 aliphatic heterocycles. The third-order valence-corrected chi connectivity index (χ3v) is 9.87. The zero-order valence-electron chi connectivity index (χ0n) is 25.7. The van der Waals surface area contributed by atoms with Gasteiger partial charge in [-0.05, 0) is 91.5 Å². The lowest BCUT2D eigenvalue weighted by Gasteiger charge is -2.20. The Kier molecular flexibility index (Phi) is 8.24. The van der Waals surface area contributed by atoms with Gasteiger partial charge >= 0.3 is 0 Å². The van der Waals surface area contributed by atoms with Gasteiger partial charge in [-0.25, -0.2) is 0 Å². The Hall–Kier alpha value is -5.03. The topological polar surface area (TPSA) is 0 Å². The van der Waals surface area contributed by atoms with E-state index in [1.165, 1.54) is 72.1 Å². The second-order valence-electron chi connectivity index (χ2n) is 11.5. The van der Waals surface area contributed by atoms with Gasteiger partial charge in [-0.2, -0.15) is 0 Å². The Morgan fingerprint density at radius 2 is 0.556 bits per heavy atom. The van der Waals surface area contributed by atoms with Crippen LogP contribution in [0.5, 0.6) is 0 Å². The van der Waals surface area contributed by atoms with Crippen LogP contribution in [0.2, 0.25) is 0 Å². The first kappa shape index (κ1) is 28.7. The van der Waals surface area contributed by atoms with Crippen LogP contribution in [-0.2, 0) is 0 Å². The summed E-state index contributed by atoms with van der Waals surface area (Å²) in [6.07, 6.45) is 0. The van der Waals surface area contributed by atoms with Crippen LogP contribution in [-0.4, -0.2) is 13.3 Å². The smallest absolute Gasteiger partial charge is 0.00990 e. The van der Waals surface area contributed by atoms with E-state index >= 15 is 0 Å². The van der Waals surface area contributed by atoms with E-state index < -0.39 is 0 Å². The van der Waals surface area contributed by atoms with Crippen molar-refractivity contribution in [1.82, 2.24) is 0 Å². The molecule has 45 heavy (non-hydrogen) atoms. The second kappa shape index (κ2) is 12.9. The molecule has 0 N–H and O–H groups in total. The molecular weight excluding hydrogens is 559 g/mol. The van der Waals surface area contributed by atoms with E-state index in [0.29, 0.717) is 0 Å². The Labute approximate surface area is 268 Å². The highest BCUT2D eigenvalue weighted by Gasteiger charge is 2.18. The van der Waals surface area contributed by atoms with Crippen molar-refractivity contribution < 1.29 is 0 Å². The van der Waals surface area contributed by atoms with Crippen LogP contribution >= 0.6 is 7.92 Å². The van der Waals surface area contributed by atoms with E-state index in [4.69, 9.17) is 0 Å². The molecule has 0 bridgehead atoms. The van der Waals surface area contributed by atoms with Gasteiger partial charge in [-0.1, -0.05) is 178 Å². The average Bonchev–Trinajstić information content (AvgIpc) is 3.12. The zero-order chi connectivity index (χ0) is 30.6. The molecule has 7 aromatic rings. The first-order valence-corrected chi connectivity index (χ1v) is 17.7. The third-order valence-electron chi connectivity index (χ3n) is 8.55. The zero-order valence-corrected chi connectivity index (χ0v) is 26.6. The molecule has 0 amide bonds. The molecule has 0 saturated carbocycles. The van der Waals surface area contributed by atoms with E-state index in [9.17, 15) is 0 Å². The van der Waals surface area contributed by atoms with E-state index in [0.717, 1.165) is 0 Å². The molecule has 0 aliphatic carbocycles. The molecule has 216 valence electrons. The Bertz CT molecular complexity index is 2090. The predicted molar refractivity (Wildman–Crippen MR) is 197 cm³/mol. The summed E-state index contributed by atoms with van der Waals surface area (Å²) in [5.41, 5.74) is 14.9. The monoisotopic (exact) mass is 594 g/mol. The molecule has 0 atom stereocenters. The molecule has 0 spiro atoms. The van der Waals surface area contributed by atoms with Crippen LogP contribution in [0.15, 0.2) is 176 Å². The molecule has 0 saturated heterocycles. The van der Waals surface area contributed by atoms with E-state index in [1.807, 2.05) is 0 Å². The first-order chi connectivity index (χ1) is 22.2. The van der Waals surface area contributed by atoms with Crippen LogP contribution < -0.4 is 5.30 Å². The maximum atomic E-state index is 2.38. The quantitative estimate of drug-likeness (QED) is 0.161. The summed E-state index contributed by atoms with van der Waals surface area (Å²) in [6.45, 7) is 4.64. The van der Waals surface area contributed by atoms with Crippen molar-refractivity contribution in [2.75, 3.05) is 13.3 Å². The largest absolute Gasteiger partial charge is 0.0817 e. The summed E-state index contributed by atoms with van der Waals surface area (Å²) in [7, 11) is -0.178. The van der Waals surface area contributed by atoms with Crippen LogP contribution in [0, 0.1) is 0 Å². The molecule has 0 aliphatic rings. The third kappa shape index (κ3) is 5.78. The minimum atomic E-state index is -0.178. The van der Waals surface area contributed by atoms with Gasteiger partial charge < -0.3 is 0 Å². The van der Waals surface area contributed by atoms with Gasteiger partial charge in [0.15, 0.2) is 0 Å². The van der Waals surface area contributed by atoms with Crippen molar-refractivity contribution in [3.05, 3.63) is 176 Å². The van der Waals surface area contributed by atoms with Gasteiger partial charge in [0.25, 0.3) is 0 Å². The molecule has 7 rings (SSSR count). The number of rotatable bonds is 7. The lowest BCUT2D eigenvalue weighted by molar-refractivity contribution is 1.54. The number of benzene rings is 7. The van der Waals surface area contributed by atoms with Gasteiger partial charge in [0.05, 0.1) is 0 Å². The molecule has 0 heterocycles. The summed E-state index contributed by atoms with van der Waals surface area (Å²) in [6, 6.07) is 64.0. The van der Waals surface area contributed by atoms with Crippen molar-refractivity contribution in [3.8, 4) is 66.8 Å². The van der Waals surface area contributed by atoms with Crippen LogP contribution in [0.3, 0.4) is 0 Å². The van der Waals surface area contributed by atoms with Gasteiger partial charge in [0, 0.05) is 0 Å². The minimum absolute atomic E-state index is 0.178. The second-order valence-corrected chi connectivity index (χ2v) is 13.8. The molecule has 0 fully saturated rings. The molecule has 0 aromatic heterocycles. The highest BCUT2D eigenvalue weighted by atomic mass is 31.1. The molecule has 1 heteroatoms. The number of hydrogen-bond donors (Lipinski definition) is 0. The normalized spacial score (nSPS) is 11.1. The summed E-state index contributed by atoms with van der Waals surface area (Å²) in [5, 5.41) is 1.42. The van der Waals surface area contributed by atoms with Crippen molar-refractivity contribution >= 4 is 13.2 Å². The maximum absolute atomic E-state index is 2.38. The fourth-order valence-electron chi connectivity index (χ4n) is 6.37. The average molecular weight is 595 g/mol. The molecule has 0 radical (unpaired) electrons. The van der Waals surface area contributed by atoms with E-state index in [-0.39, 0.29) is 7.92 Å². The lowest BCUT2D eigenvalue weighted by atomic mass is 9.84. The minimum Gasteiger partial charge on any atom is -0.0817 e. The summed E-state index contributed by atoms with van der Waals surface area (Å²) >= 11 is 0. The van der Waals surface area contributed by atoms with Gasteiger partial charge in [0.2, 0.25) is 0 Å². The van der Waals surface area contributed by atoms with E-state index in [1.54, 1.807) is 0 Å². The molecule has 0 unspecified atom stereocenters. The van der Waals surface area contributed by atoms with Gasteiger partial charge in [0.1, 0.15) is 0 Å². The van der Waals surface area contributed by atoms with Crippen molar-refractivity contribution in [2.24, 2.45) is 0 Å². The molecule has 0 nitrogen and oxygen atoms in total. The highest BCUT2D eigenvalue weighted by molar-refractivity contribution is 7.64. The standard InChI is InChI=1S/C44H35P/c1-45(2)34-20-16-19-33(31-34)36-22-7-9-24-38(36)40-26-11-13-28-42(40)44-30-15-14-29-43(44)41-27-12-10-25-39(41)37-23-8-6-21-35(37)32-17-4-3-5-18-32/h3-31H,1-2H3. The first-order valence-electron chi connectivity index (χ1n) is 15.5. The fraction of sp³-hybridized carbons (Fsp3) is 0.0455. The van der Waals surface area contributed by atoms with Crippen molar-refractivity contribution in [1.29, 1.82) is 0 Å². The Balaban J connectivity index is 1.41. The van der Waals surface area contributed by atoms with Crippen LogP contribution in [0.25, 0.3) is 66.8 Å². The predicted octanol–water partition coefficient (Wildman–Crippen LogP) is 12.1. The van der Waals surface area contributed by atoms with E-state index in [2.05, 4.69) is 189 Å². The Morgan fingerprint density at radius 1 is 0.267 bits per heavy atom. The van der Waals surface area contributed by atoms with Gasteiger partial charge in [-0.15, -0.1) is 0 Å². The summed E-state index contributed by atoms with van der Waals surface area (Å²) in [4.78, 5) is 0. The highest BCUT2D eigenvalue weighted by Crippen LogP contribution is 2.44. The molecule has 7 aromatic carbocycles. The lowest BCUT2D eigenvalue weighted by Crippen LogP contribution is -1.99. The van der Waals surface area contributed by atoms with Crippen molar-refractivity contribution in [2.45, 2.75) is 0 Å². The summed E-state index contributed by atoms with van der Waals surface area (Å²) < 4.78 is 0. The SMILES string of the molecule is CP(C)c1cccc(-c2ccccc2-c2ccccc2-c2ccccc2-c2ccccc2-c2ccccc2-c2ccccc2)c1. The Morgan fingerprint density at radius 3 is 0.933 bits per heavy atom. The van der Waals surface area contributed by atoms with Gasteiger partial charge in [-0.3, -0.25) is 0 Å². The summed E-state index contributed by atoms with van der Waals surface area (Å²) in [5.74, 6) is 0. The number of hydrogen-bond acceptors (Lipinski definition) is 0. The molecular formula is C44H35P. The maximum Gasteiger partial charge on any atom is -0.00990 e. The van der Waals surface area contributed by atoms with Crippen molar-refractivity contribution in [3.63, 3.8) is 0 Å².